The predicted molar refractivity (Wildman–Crippen MR) is 64.9 cm³/mol. The van der Waals surface area contributed by atoms with E-state index in [-0.39, 0.29) is 0 Å². The summed E-state index contributed by atoms with van der Waals surface area (Å²) in [5.41, 5.74) is 0. The minimum absolute atomic E-state index is 0.746. The van der Waals surface area contributed by atoms with Crippen LogP contribution in [-0.4, -0.2) is 6.04 Å². The molecular formula is C11H17NS2. The van der Waals surface area contributed by atoms with Gasteiger partial charge in [0.05, 0.1) is 4.21 Å². The fourth-order valence-electron chi connectivity index (χ4n) is 1.83. The third-order valence-corrected chi connectivity index (χ3v) is 4.73. The number of hydrogen-bond acceptors (Lipinski definition) is 3. The molecule has 1 nitrogen and oxygen atoms in total. The summed E-state index contributed by atoms with van der Waals surface area (Å²) in [5.74, 6) is 0. The minimum atomic E-state index is 0.746. The molecule has 1 N–H and O–H groups in total. The first-order valence-corrected chi connectivity index (χ1v) is 6.97. The van der Waals surface area contributed by atoms with Crippen molar-refractivity contribution >= 4 is 23.3 Å². The predicted octanol–water partition coefficient (Wildman–Crippen LogP) is 3.99. The van der Waals surface area contributed by atoms with Crippen LogP contribution in [0.5, 0.6) is 0 Å². The van der Waals surface area contributed by atoms with Crippen LogP contribution in [0.4, 0.5) is 0 Å². The normalized spacial score (nSPS) is 18.6. The van der Waals surface area contributed by atoms with Crippen LogP contribution in [0, 0.1) is 6.92 Å². The molecule has 1 fully saturated rings. The molecule has 78 valence electrons. The van der Waals surface area contributed by atoms with Crippen molar-refractivity contribution in [3.05, 3.63) is 17.0 Å². The zero-order valence-electron chi connectivity index (χ0n) is 8.58. The number of nitrogens with one attached hydrogen (secondary N) is 1. The van der Waals surface area contributed by atoms with E-state index in [2.05, 4.69) is 23.8 Å². The highest BCUT2D eigenvalue weighted by atomic mass is 32.2. The Kier molecular flexibility index (Phi) is 3.90. The Hall–Kier alpha value is 0.01000. The van der Waals surface area contributed by atoms with Crippen molar-refractivity contribution in [1.29, 1.82) is 0 Å². The van der Waals surface area contributed by atoms with Crippen molar-refractivity contribution in [2.24, 2.45) is 0 Å². The third-order valence-electron chi connectivity index (χ3n) is 2.65. The average Bonchev–Trinajstić information content (AvgIpc) is 2.63. The van der Waals surface area contributed by atoms with E-state index in [1.165, 1.54) is 41.2 Å². The van der Waals surface area contributed by atoms with Crippen molar-refractivity contribution in [3.63, 3.8) is 0 Å². The maximum atomic E-state index is 3.58. The molecule has 0 atom stereocenters. The molecule has 1 aromatic rings. The van der Waals surface area contributed by atoms with Gasteiger partial charge in [-0.3, -0.25) is 4.72 Å². The van der Waals surface area contributed by atoms with Gasteiger partial charge in [-0.25, -0.2) is 0 Å². The Bertz CT molecular complexity index is 277. The Balaban J connectivity index is 1.76. The SMILES string of the molecule is Cc1ccc(SNC2CCCCC2)s1. The van der Waals surface area contributed by atoms with Gasteiger partial charge in [-0.05, 0) is 43.8 Å². The van der Waals surface area contributed by atoms with Crippen LogP contribution in [0.3, 0.4) is 0 Å². The van der Waals surface area contributed by atoms with Gasteiger partial charge in [-0.15, -0.1) is 11.3 Å². The van der Waals surface area contributed by atoms with E-state index in [0.717, 1.165) is 6.04 Å². The molecule has 0 aliphatic heterocycles. The van der Waals surface area contributed by atoms with Crippen molar-refractivity contribution < 1.29 is 0 Å². The standard InChI is InChI=1S/C11H17NS2/c1-9-7-8-11(13-9)14-12-10-5-3-2-4-6-10/h7-8,10,12H,2-6H2,1H3. The zero-order valence-corrected chi connectivity index (χ0v) is 10.2. The largest absolute Gasteiger partial charge is 0.256 e. The van der Waals surface area contributed by atoms with E-state index < -0.39 is 0 Å². The summed E-state index contributed by atoms with van der Waals surface area (Å²) < 4.78 is 4.97. The lowest BCUT2D eigenvalue weighted by atomic mass is 9.96. The maximum absolute atomic E-state index is 3.58. The summed E-state index contributed by atoms with van der Waals surface area (Å²) >= 11 is 3.69. The second-order valence-corrected chi connectivity index (χ2v) is 6.35. The van der Waals surface area contributed by atoms with Gasteiger partial charge in [0.1, 0.15) is 0 Å². The van der Waals surface area contributed by atoms with Crippen molar-refractivity contribution in [2.45, 2.75) is 49.3 Å². The van der Waals surface area contributed by atoms with Crippen LogP contribution in [0.2, 0.25) is 0 Å². The molecule has 0 spiro atoms. The molecule has 1 aliphatic rings. The average molecular weight is 227 g/mol. The van der Waals surface area contributed by atoms with Gasteiger partial charge in [0, 0.05) is 10.9 Å². The second-order valence-electron chi connectivity index (χ2n) is 3.92. The van der Waals surface area contributed by atoms with Gasteiger partial charge in [0.2, 0.25) is 0 Å². The molecule has 3 heteroatoms. The van der Waals surface area contributed by atoms with Crippen LogP contribution < -0.4 is 4.72 Å². The van der Waals surface area contributed by atoms with Crippen LogP contribution in [0.15, 0.2) is 16.3 Å². The third kappa shape index (κ3) is 3.01. The lowest BCUT2D eigenvalue weighted by molar-refractivity contribution is 0.423. The molecule has 0 bridgehead atoms. The lowest BCUT2D eigenvalue weighted by Gasteiger charge is -2.21. The quantitative estimate of drug-likeness (QED) is 0.784. The van der Waals surface area contributed by atoms with Crippen LogP contribution in [0.1, 0.15) is 37.0 Å². The molecule has 1 aliphatic carbocycles. The van der Waals surface area contributed by atoms with E-state index in [1.54, 1.807) is 0 Å². The molecule has 0 radical (unpaired) electrons. The van der Waals surface area contributed by atoms with Crippen LogP contribution in [0.25, 0.3) is 0 Å². The molecule has 1 saturated carbocycles. The van der Waals surface area contributed by atoms with Crippen molar-refractivity contribution in [2.75, 3.05) is 0 Å². The number of thiophene rings is 1. The van der Waals surface area contributed by atoms with E-state index >= 15 is 0 Å². The molecule has 2 rings (SSSR count). The fourth-order valence-corrected chi connectivity index (χ4v) is 3.78. The van der Waals surface area contributed by atoms with E-state index in [0.29, 0.717) is 0 Å². The lowest BCUT2D eigenvalue weighted by Crippen LogP contribution is -2.25. The summed E-state index contributed by atoms with van der Waals surface area (Å²) in [7, 11) is 0. The van der Waals surface area contributed by atoms with E-state index in [1.807, 2.05) is 23.3 Å². The van der Waals surface area contributed by atoms with Crippen LogP contribution >= 0.6 is 23.3 Å². The smallest absolute Gasteiger partial charge is 0.0754 e. The molecule has 14 heavy (non-hydrogen) atoms. The summed E-state index contributed by atoms with van der Waals surface area (Å²) in [6.45, 7) is 2.16. The fraction of sp³-hybridized carbons (Fsp3) is 0.636. The molecule has 1 aromatic heterocycles. The Labute approximate surface area is 94.4 Å². The maximum Gasteiger partial charge on any atom is 0.0754 e. The monoisotopic (exact) mass is 227 g/mol. The minimum Gasteiger partial charge on any atom is -0.256 e. The van der Waals surface area contributed by atoms with Gasteiger partial charge < -0.3 is 0 Å². The zero-order chi connectivity index (χ0) is 9.80. The summed E-state index contributed by atoms with van der Waals surface area (Å²) in [4.78, 5) is 1.40. The Morgan fingerprint density at radius 2 is 2.07 bits per heavy atom. The van der Waals surface area contributed by atoms with Gasteiger partial charge in [-0.2, -0.15) is 0 Å². The number of hydrogen-bond donors (Lipinski definition) is 1. The Morgan fingerprint density at radius 3 is 2.71 bits per heavy atom. The first-order valence-electron chi connectivity index (χ1n) is 5.33. The van der Waals surface area contributed by atoms with Crippen LogP contribution in [-0.2, 0) is 0 Å². The van der Waals surface area contributed by atoms with Crippen molar-refractivity contribution in [1.82, 2.24) is 4.72 Å². The van der Waals surface area contributed by atoms with Crippen molar-refractivity contribution in [3.8, 4) is 0 Å². The number of rotatable bonds is 3. The molecule has 0 saturated heterocycles. The summed E-state index contributed by atoms with van der Waals surface area (Å²) in [5, 5.41) is 0. The first kappa shape index (κ1) is 10.5. The molecule has 0 amide bonds. The summed E-state index contributed by atoms with van der Waals surface area (Å²) in [6.07, 6.45) is 6.96. The topological polar surface area (TPSA) is 12.0 Å². The van der Waals surface area contributed by atoms with Gasteiger partial charge in [-0.1, -0.05) is 19.3 Å². The van der Waals surface area contributed by atoms with E-state index in [4.69, 9.17) is 0 Å². The summed E-state index contributed by atoms with van der Waals surface area (Å²) in [6, 6.07) is 5.15. The molecule has 0 unspecified atom stereocenters. The highest BCUT2D eigenvalue weighted by molar-refractivity contribution is 7.99. The molecular weight excluding hydrogens is 210 g/mol. The first-order chi connectivity index (χ1) is 6.84. The van der Waals surface area contributed by atoms with Gasteiger partial charge >= 0.3 is 0 Å². The second kappa shape index (κ2) is 5.19. The number of aryl methyl sites for hydroxylation is 1. The van der Waals surface area contributed by atoms with Gasteiger partial charge in [0.15, 0.2) is 0 Å². The van der Waals surface area contributed by atoms with Gasteiger partial charge in [0.25, 0.3) is 0 Å². The highest BCUT2D eigenvalue weighted by Gasteiger charge is 2.12. The highest BCUT2D eigenvalue weighted by Crippen LogP contribution is 2.27. The molecule has 0 aromatic carbocycles. The molecule has 1 heterocycles. The Morgan fingerprint density at radius 1 is 1.29 bits per heavy atom. The van der Waals surface area contributed by atoms with E-state index in [9.17, 15) is 0 Å².